The largest absolute Gasteiger partial charge is 0.496 e. The smallest absolute Gasteiger partial charge is 0.337 e. The molecule has 0 unspecified atom stereocenters. The Balaban J connectivity index is 1.96. The SMILES string of the molecule is COc1ccccc1C(=O)NNC(=O)Nc1cccc(Cl)c1Cl. The summed E-state index contributed by atoms with van der Waals surface area (Å²) >= 11 is 11.8. The summed E-state index contributed by atoms with van der Waals surface area (Å²) in [6, 6.07) is 10.8. The van der Waals surface area contributed by atoms with Crippen LogP contribution in [0.15, 0.2) is 42.5 Å². The molecule has 0 aromatic heterocycles. The number of ether oxygens (including phenoxy) is 1. The Morgan fingerprint density at radius 1 is 1.00 bits per heavy atom. The van der Waals surface area contributed by atoms with Crippen molar-refractivity contribution < 1.29 is 14.3 Å². The van der Waals surface area contributed by atoms with Crippen molar-refractivity contribution in [1.29, 1.82) is 0 Å². The summed E-state index contributed by atoms with van der Waals surface area (Å²) in [4.78, 5) is 23.8. The van der Waals surface area contributed by atoms with Gasteiger partial charge in [-0.3, -0.25) is 10.2 Å². The van der Waals surface area contributed by atoms with E-state index in [4.69, 9.17) is 27.9 Å². The number of hydrogen-bond acceptors (Lipinski definition) is 3. The zero-order valence-corrected chi connectivity index (χ0v) is 13.5. The van der Waals surface area contributed by atoms with Crippen LogP contribution in [0.5, 0.6) is 5.75 Å². The summed E-state index contributed by atoms with van der Waals surface area (Å²) in [5.74, 6) is -0.125. The first kappa shape index (κ1) is 16.9. The first-order chi connectivity index (χ1) is 11.0. The van der Waals surface area contributed by atoms with Gasteiger partial charge in [0.25, 0.3) is 5.91 Å². The van der Waals surface area contributed by atoms with Crippen LogP contribution < -0.4 is 20.9 Å². The van der Waals surface area contributed by atoms with E-state index in [1.54, 1.807) is 42.5 Å². The highest BCUT2D eigenvalue weighted by atomic mass is 35.5. The van der Waals surface area contributed by atoms with Crippen LogP contribution in [0.4, 0.5) is 10.5 Å². The predicted molar refractivity (Wildman–Crippen MR) is 89.1 cm³/mol. The Morgan fingerprint density at radius 2 is 1.74 bits per heavy atom. The van der Waals surface area contributed by atoms with Crippen LogP contribution in [0.2, 0.25) is 10.0 Å². The van der Waals surface area contributed by atoms with Gasteiger partial charge in [0, 0.05) is 0 Å². The predicted octanol–water partition coefficient (Wildman–Crippen LogP) is 3.47. The number of amides is 3. The van der Waals surface area contributed by atoms with E-state index in [1.807, 2.05) is 0 Å². The van der Waals surface area contributed by atoms with Gasteiger partial charge in [0.1, 0.15) is 5.75 Å². The first-order valence-electron chi connectivity index (χ1n) is 6.47. The second-order valence-electron chi connectivity index (χ2n) is 4.33. The van der Waals surface area contributed by atoms with Gasteiger partial charge in [-0.2, -0.15) is 0 Å². The molecule has 6 nitrogen and oxygen atoms in total. The number of carbonyl (C=O) groups is 2. The third kappa shape index (κ3) is 4.28. The minimum absolute atomic E-state index is 0.209. The fourth-order valence-electron chi connectivity index (χ4n) is 1.77. The van der Waals surface area contributed by atoms with Crippen molar-refractivity contribution in [3.63, 3.8) is 0 Å². The molecule has 120 valence electrons. The molecule has 3 amide bonds. The molecule has 0 aliphatic carbocycles. The van der Waals surface area contributed by atoms with Crippen molar-refractivity contribution in [3.8, 4) is 5.75 Å². The van der Waals surface area contributed by atoms with E-state index in [0.29, 0.717) is 16.5 Å². The van der Waals surface area contributed by atoms with E-state index < -0.39 is 11.9 Å². The fraction of sp³-hybridized carbons (Fsp3) is 0.0667. The third-order valence-corrected chi connectivity index (χ3v) is 3.66. The Labute approximate surface area is 142 Å². The van der Waals surface area contributed by atoms with E-state index >= 15 is 0 Å². The Bertz CT molecular complexity index is 738. The van der Waals surface area contributed by atoms with Gasteiger partial charge in [-0.25, -0.2) is 10.2 Å². The minimum atomic E-state index is -0.669. The highest BCUT2D eigenvalue weighted by Crippen LogP contribution is 2.29. The van der Waals surface area contributed by atoms with Crippen molar-refractivity contribution in [2.75, 3.05) is 12.4 Å². The van der Waals surface area contributed by atoms with Crippen molar-refractivity contribution in [2.45, 2.75) is 0 Å². The van der Waals surface area contributed by atoms with E-state index in [0.717, 1.165) is 0 Å². The summed E-state index contributed by atoms with van der Waals surface area (Å²) in [6.45, 7) is 0. The molecule has 0 heterocycles. The van der Waals surface area contributed by atoms with Crippen LogP contribution in [-0.4, -0.2) is 19.0 Å². The van der Waals surface area contributed by atoms with Gasteiger partial charge in [0.15, 0.2) is 0 Å². The van der Waals surface area contributed by atoms with Gasteiger partial charge in [0.2, 0.25) is 0 Å². The van der Waals surface area contributed by atoms with Crippen LogP contribution in [0, 0.1) is 0 Å². The third-order valence-electron chi connectivity index (χ3n) is 2.84. The van der Waals surface area contributed by atoms with Crippen molar-refractivity contribution in [2.24, 2.45) is 0 Å². The number of para-hydroxylation sites is 1. The highest BCUT2D eigenvalue weighted by molar-refractivity contribution is 6.43. The number of carbonyl (C=O) groups excluding carboxylic acids is 2. The van der Waals surface area contributed by atoms with Crippen LogP contribution in [-0.2, 0) is 0 Å². The molecule has 2 rings (SSSR count). The summed E-state index contributed by atoms with van der Waals surface area (Å²) < 4.78 is 5.08. The number of halogens is 2. The Kier molecular flexibility index (Phi) is 5.67. The molecule has 0 spiro atoms. The molecule has 23 heavy (non-hydrogen) atoms. The lowest BCUT2D eigenvalue weighted by molar-refractivity contribution is 0.0935. The number of rotatable bonds is 3. The highest BCUT2D eigenvalue weighted by Gasteiger charge is 2.13. The molecule has 3 N–H and O–H groups in total. The summed E-state index contributed by atoms with van der Waals surface area (Å²) in [7, 11) is 1.45. The normalized spacial score (nSPS) is 9.87. The second-order valence-corrected chi connectivity index (χ2v) is 5.12. The first-order valence-corrected chi connectivity index (χ1v) is 7.23. The Hall–Kier alpha value is -2.44. The van der Waals surface area contributed by atoms with Gasteiger partial charge >= 0.3 is 6.03 Å². The zero-order valence-electron chi connectivity index (χ0n) is 12.0. The minimum Gasteiger partial charge on any atom is -0.496 e. The molecule has 0 fully saturated rings. The number of nitrogens with one attached hydrogen (secondary N) is 3. The van der Waals surface area contributed by atoms with E-state index in [9.17, 15) is 9.59 Å². The Morgan fingerprint density at radius 3 is 2.48 bits per heavy atom. The van der Waals surface area contributed by atoms with Gasteiger partial charge in [0.05, 0.1) is 28.4 Å². The van der Waals surface area contributed by atoms with E-state index in [1.165, 1.54) is 7.11 Å². The van der Waals surface area contributed by atoms with E-state index in [2.05, 4.69) is 16.2 Å². The lowest BCUT2D eigenvalue weighted by atomic mass is 10.2. The quantitative estimate of drug-likeness (QED) is 0.739. The van der Waals surface area contributed by atoms with Crippen LogP contribution in [0.25, 0.3) is 0 Å². The lowest BCUT2D eigenvalue weighted by Crippen LogP contribution is -2.44. The van der Waals surface area contributed by atoms with E-state index in [-0.39, 0.29) is 10.6 Å². The maximum atomic E-state index is 12.0. The average Bonchev–Trinajstić information content (AvgIpc) is 2.56. The molecule has 0 aliphatic heterocycles. The van der Waals surface area contributed by atoms with Gasteiger partial charge in [-0.05, 0) is 24.3 Å². The fourth-order valence-corrected chi connectivity index (χ4v) is 2.11. The molecule has 8 heteroatoms. The van der Waals surface area contributed by atoms with Crippen LogP contribution in [0.3, 0.4) is 0 Å². The van der Waals surface area contributed by atoms with Gasteiger partial charge in [-0.1, -0.05) is 41.4 Å². The molecular formula is C15H13Cl2N3O3. The number of anilines is 1. The maximum absolute atomic E-state index is 12.0. The van der Waals surface area contributed by atoms with Crippen molar-refractivity contribution in [1.82, 2.24) is 10.9 Å². The molecule has 0 bridgehead atoms. The number of hydrogen-bond donors (Lipinski definition) is 3. The van der Waals surface area contributed by atoms with Crippen LogP contribution >= 0.6 is 23.2 Å². The molecule has 2 aromatic rings. The van der Waals surface area contributed by atoms with Crippen molar-refractivity contribution in [3.05, 3.63) is 58.1 Å². The summed E-state index contributed by atoms with van der Waals surface area (Å²) in [6.07, 6.45) is 0. The molecule has 0 radical (unpaired) electrons. The van der Waals surface area contributed by atoms with Gasteiger partial charge < -0.3 is 10.1 Å². The number of urea groups is 1. The standard InChI is InChI=1S/C15H13Cl2N3O3/c1-23-12-8-3-2-5-9(12)14(21)19-20-15(22)18-11-7-4-6-10(16)13(11)17/h2-8H,1H3,(H,19,21)(H2,18,20,22). The molecule has 0 saturated carbocycles. The number of hydrazine groups is 1. The molecule has 0 aliphatic rings. The maximum Gasteiger partial charge on any atom is 0.337 e. The zero-order chi connectivity index (χ0) is 16.8. The molecular weight excluding hydrogens is 341 g/mol. The van der Waals surface area contributed by atoms with Gasteiger partial charge in [-0.15, -0.1) is 0 Å². The van der Waals surface area contributed by atoms with Crippen LogP contribution in [0.1, 0.15) is 10.4 Å². The summed E-state index contributed by atoms with van der Waals surface area (Å²) in [5.41, 5.74) is 5.10. The number of benzene rings is 2. The number of methoxy groups -OCH3 is 1. The average molecular weight is 354 g/mol. The summed E-state index contributed by atoms with van der Waals surface area (Å²) in [5, 5.41) is 2.99. The lowest BCUT2D eigenvalue weighted by Gasteiger charge is -2.12. The second kappa shape index (κ2) is 7.71. The monoisotopic (exact) mass is 353 g/mol. The topological polar surface area (TPSA) is 79.5 Å². The molecule has 0 saturated heterocycles. The van der Waals surface area contributed by atoms with Crippen molar-refractivity contribution >= 4 is 40.8 Å². The molecule has 2 aromatic carbocycles. The molecule has 0 atom stereocenters.